The highest BCUT2D eigenvalue weighted by Crippen LogP contribution is 2.30. The van der Waals surface area contributed by atoms with Gasteiger partial charge in [-0.25, -0.2) is 8.78 Å². The molecule has 0 amide bonds. The van der Waals surface area contributed by atoms with Gasteiger partial charge in [0.2, 0.25) is 0 Å². The molecule has 0 aliphatic rings. The number of ether oxygens (including phenoxy) is 1. The lowest BCUT2D eigenvalue weighted by molar-refractivity contribution is -0.274. The number of halogens is 6. The van der Waals surface area contributed by atoms with E-state index >= 15 is 0 Å². The van der Waals surface area contributed by atoms with Gasteiger partial charge in [-0.05, 0) is 45.8 Å². The largest absolute Gasteiger partial charge is 0.573 e. The van der Waals surface area contributed by atoms with Gasteiger partial charge in [0.15, 0.2) is 0 Å². The fraction of sp³-hybridized carbons (Fsp3) is 0.143. The van der Waals surface area contributed by atoms with Gasteiger partial charge >= 0.3 is 6.36 Å². The predicted octanol–water partition coefficient (Wildman–Crippen LogP) is 4.67. The molecule has 0 saturated carbocycles. The fourth-order valence-electron chi connectivity index (χ4n) is 1.87. The molecule has 0 aliphatic heterocycles. The normalized spacial score (nSPS) is 13.0. The number of benzene rings is 2. The predicted molar refractivity (Wildman–Crippen MR) is 73.2 cm³/mol. The molecule has 0 heterocycles. The van der Waals surface area contributed by atoms with Crippen molar-refractivity contribution in [2.75, 3.05) is 0 Å². The Morgan fingerprint density at radius 1 is 1.00 bits per heavy atom. The van der Waals surface area contributed by atoms with E-state index in [1.54, 1.807) is 0 Å². The molecule has 22 heavy (non-hydrogen) atoms. The number of nitrogens with two attached hydrogens (primary N) is 1. The van der Waals surface area contributed by atoms with E-state index in [2.05, 4.69) is 20.7 Å². The Morgan fingerprint density at radius 2 is 1.59 bits per heavy atom. The van der Waals surface area contributed by atoms with Gasteiger partial charge in [0.25, 0.3) is 0 Å². The highest BCUT2D eigenvalue weighted by molar-refractivity contribution is 9.10. The van der Waals surface area contributed by atoms with Gasteiger partial charge in [-0.15, -0.1) is 13.2 Å². The SMILES string of the molecule is N[C@H](c1ccc(OC(F)(F)F)cc1)c1c(F)ccc(Br)c1F. The number of rotatable bonds is 3. The van der Waals surface area contributed by atoms with Crippen molar-refractivity contribution >= 4 is 15.9 Å². The maximum absolute atomic E-state index is 14.0. The molecule has 1 atom stereocenters. The zero-order valence-electron chi connectivity index (χ0n) is 10.8. The standard InChI is InChI=1S/C14H9BrF5NO/c15-9-5-6-10(16)11(12(9)17)13(21)7-1-3-8(4-2-7)22-14(18,19)20/h1-6,13H,21H2/t13-/m1/s1. The molecule has 0 spiro atoms. The molecule has 2 aromatic carbocycles. The number of hydrogen-bond donors (Lipinski definition) is 1. The average Bonchev–Trinajstić information content (AvgIpc) is 2.42. The van der Waals surface area contributed by atoms with E-state index in [1.165, 1.54) is 18.2 Å². The van der Waals surface area contributed by atoms with Crippen LogP contribution in [0.5, 0.6) is 5.75 Å². The van der Waals surface area contributed by atoms with Crippen LogP contribution < -0.4 is 10.5 Å². The third kappa shape index (κ3) is 3.75. The quantitative estimate of drug-likeness (QED) is 0.619. The summed E-state index contributed by atoms with van der Waals surface area (Å²) in [7, 11) is 0. The van der Waals surface area contributed by atoms with Crippen LogP contribution in [0, 0.1) is 11.6 Å². The van der Waals surface area contributed by atoms with E-state index in [1.807, 2.05) is 0 Å². The second-order valence-electron chi connectivity index (χ2n) is 4.35. The van der Waals surface area contributed by atoms with Gasteiger partial charge in [-0.3, -0.25) is 0 Å². The molecule has 2 aromatic rings. The van der Waals surface area contributed by atoms with Crippen LogP contribution in [0.4, 0.5) is 22.0 Å². The van der Waals surface area contributed by atoms with E-state index in [4.69, 9.17) is 5.73 Å². The summed E-state index contributed by atoms with van der Waals surface area (Å²) in [5.41, 5.74) is 5.67. The lowest BCUT2D eigenvalue weighted by Crippen LogP contribution is -2.18. The van der Waals surface area contributed by atoms with Crippen molar-refractivity contribution < 1.29 is 26.7 Å². The number of hydrogen-bond acceptors (Lipinski definition) is 2. The summed E-state index contributed by atoms with van der Waals surface area (Å²) in [5, 5.41) is 0. The van der Waals surface area contributed by atoms with Crippen LogP contribution in [0.3, 0.4) is 0 Å². The Bertz CT molecular complexity index is 672. The fourth-order valence-corrected chi connectivity index (χ4v) is 2.22. The number of alkyl halides is 3. The summed E-state index contributed by atoms with van der Waals surface area (Å²) in [6.45, 7) is 0. The van der Waals surface area contributed by atoms with Crippen molar-refractivity contribution in [1.82, 2.24) is 0 Å². The van der Waals surface area contributed by atoms with E-state index in [0.717, 1.165) is 18.2 Å². The van der Waals surface area contributed by atoms with Gasteiger partial charge < -0.3 is 10.5 Å². The van der Waals surface area contributed by atoms with Gasteiger partial charge in [0.1, 0.15) is 17.4 Å². The van der Waals surface area contributed by atoms with Crippen molar-refractivity contribution in [3.05, 3.63) is 63.6 Å². The first-order chi connectivity index (χ1) is 10.2. The molecule has 2 nitrogen and oxygen atoms in total. The highest BCUT2D eigenvalue weighted by Gasteiger charge is 2.31. The smallest absolute Gasteiger partial charge is 0.406 e. The van der Waals surface area contributed by atoms with Crippen molar-refractivity contribution in [3.63, 3.8) is 0 Å². The van der Waals surface area contributed by atoms with Crippen LogP contribution >= 0.6 is 15.9 Å². The third-order valence-corrected chi connectivity index (χ3v) is 3.48. The first-order valence-corrected chi connectivity index (χ1v) is 6.73. The Labute approximate surface area is 130 Å². The van der Waals surface area contributed by atoms with E-state index < -0.39 is 29.8 Å². The van der Waals surface area contributed by atoms with Crippen LogP contribution in [0.2, 0.25) is 0 Å². The molecule has 0 unspecified atom stereocenters. The molecule has 0 saturated heterocycles. The van der Waals surface area contributed by atoms with Gasteiger partial charge in [0, 0.05) is 5.56 Å². The summed E-state index contributed by atoms with van der Waals surface area (Å²) in [6.07, 6.45) is -4.81. The molecule has 0 aromatic heterocycles. The van der Waals surface area contributed by atoms with Gasteiger partial charge in [-0.2, -0.15) is 0 Å². The van der Waals surface area contributed by atoms with Crippen molar-refractivity contribution in [2.45, 2.75) is 12.4 Å². The average molecular weight is 382 g/mol. The molecule has 0 bridgehead atoms. The molecule has 2 N–H and O–H groups in total. The zero-order chi connectivity index (χ0) is 16.5. The second-order valence-corrected chi connectivity index (χ2v) is 5.21. The van der Waals surface area contributed by atoms with Crippen molar-refractivity contribution in [3.8, 4) is 5.75 Å². The Balaban J connectivity index is 2.31. The van der Waals surface area contributed by atoms with Crippen molar-refractivity contribution in [1.29, 1.82) is 0 Å². The zero-order valence-corrected chi connectivity index (χ0v) is 12.4. The lowest BCUT2D eigenvalue weighted by atomic mass is 9.98. The summed E-state index contributed by atoms with van der Waals surface area (Å²) < 4.78 is 67.7. The lowest BCUT2D eigenvalue weighted by Gasteiger charge is -2.16. The van der Waals surface area contributed by atoms with E-state index in [-0.39, 0.29) is 15.6 Å². The summed E-state index contributed by atoms with van der Waals surface area (Å²) in [4.78, 5) is 0. The molecule has 0 fully saturated rings. The van der Waals surface area contributed by atoms with Gasteiger partial charge in [-0.1, -0.05) is 12.1 Å². The summed E-state index contributed by atoms with van der Waals surface area (Å²) in [5.74, 6) is -2.15. The van der Waals surface area contributed by atoms with Crippen LogP contribution in [-0.4, -0.2) is 6.36 Å². The first kappa shape index (κ1) is 16.7. The minimum Gasteiger partial charge on any atom is -0.406 e. The minimum atomic E-state index is -4.81. The molecular formula is C14H9BrF5NO. The summed E-state index contributed by atoms with van der Waals surface area (Å²) >= 11 is 2.92. The second kappa shape index (κ2) is 6.21. The monoisotopic (exact) mass is 381 g/mol. The van der Waals surface area contributed by atoms with Crippen LogP contribution in [0.25, 0.3) is 0 Å². The third-order valence-electron chi connectivity index (χ3n) is 2.86. The summed E-state index contributed by atoms with van der Waals surface area (Å²) in [6, 6.07) is 5.55. The first-order valence-electron chi connectivity index (χ1n) is 5.93. The topological polar surface area (TPSA) is 35.2 Å². The van der Waals surface area contributed by atoms with Crippen LogP contribution in [-0.2, 0) is 0 Å². The minimum absolute atomic E-state index is 0.0383. The van der Waals surface area contributed by atoms with Crippen molar-refractivity contribution in [2.24, 2.45) is 5.73 Å². The molecule has 8 heteroatoms. The molecular weight excluding hydrogens is 373 g/mol. The Kier molecular flexibility index (Phi) is 4.72. The highest BCUT2D eigenvalue weighted by atomic mass is 79.9. The Hall–Kier alpha value is -1.67. The van der Waals surface area contributed by atoms with E-state index in [0.29, 0.717) is 0 Å². The molecule has 0 aliphatic carbocycles. The molecule has 2 rings (SSSR count). The Morgan fingerprint density at radius 3 is 2.14 bits per heavy atom. The maximum atomic E-state index is 14.0. The van der Waals surface area contributed by atoms with E-state index in [9.17, 15) is 22.0 Å². The maximum Gasteiger partial charge on any atom is 0.573 e. The molecule has 0 radical (unpaired) electrons. The van der Waals surface area contributed by atoms with Crippen LogP contribution in [0.1, 0.15) is 17.2 Å². The van der Waals surface area contributed by atoms with Gasteiger partial charge in [0.05, 0.1) is 10.5 Å². The van der Waals surface area contributed by atoms with Crippen LogP contribution in [0.15, 0.2) is 40.9 Å². The molecule has 118 valence electrons.